The number of sulfonamides is 1. The summed E-state index contributed by atoms with van der Waals surface area (Å²) in [4.78, 5) is 0.118. The zero-order chi connectivity index (χ0) is 13.8. The lowest BCUT2D eigenvalue weighted by molar-refractivity contribution is 0.269. The number of hydrogen-bond donors (Lipinski definition) is 2. The smallest absolute Gasteiger partial charge is 0.243 e. The molecule has 18 heavy (non-hydrogen) atoms. The van der Waals surface area contributed by atoms with Gasteiger partial charge in [-0.25, -0.2) is 13.1 Å². The van der Waals surface area contributed by atoms with Gasteiger partial charge in [0.15, 0.2) is 0 Å². The summed E-state index contributed by atoms with van der Waals surface area (Å²) >= 11 is 1.60. The van der Waals surface area contributed by atoms with Crippen LogP contribution in [0.2, 0.25) is 0 Å². The third-order valence-corrected chi connectivity index (χ3v) is 5.09. The van der Waals surface area contributed by atoms with Crippen LogP contribution in [0.1, 0.15) is 13.8 Å². The molecule has 104 valence electrons. The molecule has 0 aromatic carbocycles. The number of aromatic nitrogens is 2. The highest BCUT2D eigenvalue weighted by Gasteiger charge is 2.22. The fourth-order valence-corrected chi connectivity index (χ4v) is 2.60. The van der Waals surface area contributed by atoms with E-state index < -0.39 is 10.0 Å². The quantitative estimate of drug-likeness (QED) is 0.755. The first kappa shape index (κ1) is 15.5. The molecule has 0 radical (unpaired) electrons. The molecule has 0 aliphatic carbocycles. The maximum atomic E-state index is 12.0. The van der Waals surface area contributed by atoms with E-state index in [0.29, 0.717) is 6.54 Å². The van der Waals surface area contributed by atoms with Gasteiger partial charge in [0.25, 0.3) is 0 Å². The van der Waals surface area contributed by atoms with Gasteiger partial charge in [-0.05, 0) is 20.1 Å². The largest absolute Gasteiger partial charge is 0.394 e. The molecular formula is C10H19N3O3S2. The minimum Gasteiger partial charge on any atom is -0.394 e. The molecule has 1 aromatic heterocycles. The van der Waals surface area contributed by atoms with Gasteiger partial charge in [0.1, 0.15) is 4.90 Å². The predicted octanol–water partition coefficient (Wildman–Crippen LogP) is 0.295. The summed E-state index contributed by atoms with van der Waals surface area (Å²) in [6, 6.07) is 0. The fraction of sp³-hybridized carbons (Fsp3) is 0.700. The Morgan fingerprint density at radius 3 is 2.78 bits per heavy atom. The zero-order valence-corrected chi connectivity index (χ0v) is 12.4. The first-order valence-electron chi connectivity index (χ1n) is 5.49. The van der Waals surface area contributed by atoms with Crippen LogP contribution in [0.25, 0.3) is 0 Å². The van der Waals surface area contributed by atoms with E-state index in [-0.39, 0.29) is 22.8 Å². The predicted molar refractivity (Wildman–Crippen MR) is 72.1 cm³/mol. The van der Waals surface area contributed by atoms with Crippen LogP contribution in [-0.4, -0.2) is 47.5 Å². The van der Waals surface area contributed by atoms with E-state index in [0.717, 1.165) is 0 Å². The Morgan fingerprint density at radius 1 is 1.56 bits per heavy atom. The van der Waals surface area contributed by atoms with Gasteiger partial charge in [0.05, 0.1) is 19.3 Å². The van der Waals surface area contributed by atoms with E-state index in [1.54, 1.807) is 11.8 Å². The van der Waals surface area contributed by atoms with Crippen molar-refractivity contribution in [3.05, 3.63) is 12.4 Å². The van der Waals surface area contributed by atoms with Crippen LogP contribution in [-0.2, 0) is 16.6 Å². The van der Waals surface area contributed by atoms with E-state index in [1.807, 2.05) is 20.1 Å². The SMILES string of the molecule is CSC(C)(C)CNS(=O)(=O)c1cnn(CCO)c1. The second kappa shape index (κ2) is 6.05. The van der Waals surface area contributed by atoms with Gasteiger partial charge in [0, 0.05) is 17.5 Å². The lowest BCUT2D eigenvalue weighted by Gasteiger charge is -2.21. The summed E-state index contributed by atoms with van der Waals surface area (Å²) in [6.07, 6.45) is 4.63. The van der Waals surface area contributed by atoms with E-state index in [9.17, 15) is 8.42 Å². The fourth-order valence-electron chi connectivity index (χ4n) is 1.13. The highest BCUT2D eigenvalue weighted by Crippen LogP contribution is 2.20. The number of aliphatic hydroxyl groups is 1. The van der Waals surface area contributed by atoms with Crippen LogP contribution in [0.15, 0.2) is 17.3 Å². The van der Waals surface area contributed by atoms with Crippen molar-refractivity contribution in [3.8, 4) is 0 Å². The van der Waals surface area contributed by atoms with Gasteiger partial charge in [-0.2, -0.15) is 16.9 Å². The van der Waals surface area contributed by atoms with Crippen molar-refractivity contribution < 1.29 is 13.5 Å². The average Bonchev–Trinajstić information content (AvgIpc) is 2.77. The second-order valence-corrected chi connectivity index (χ2v) is 7.73. The molecule has 0 unspecified atom stereocenters. The zero-order valence-electron chi connectivity index (χ0n) is 10.8. The van der Waals surface area contributed by atoms with Crippen molar-refractivity contribution in [2.45, 2.75) is 30.0 Å². The van der Waals surface area contributed by atoms with Crippen molar-refractivity contribution in [2.75, 3.05) is 19.4 Å². The van der Waals surface area contributed by atoms with Crippen molar-refractivity contribution >= 4 is 21.8 Å². The average molecular weight is 293 g/mol. The molecule has 0 bridgehead atoms. The summed E-state index contributed by atoms with van der Waals surface area (Å²) in [7, 11) is -3.53. The van der Waals surface area contributed by atoms with Gasteiger partial charge in [-0.15, -0.1) is 0 Å². The monoisotopic (exact) mass is 293 g/mol. The first-order chi connectivity index (χ1) is 8.30. The summed E-state index contributed by atoms with van der Waals surface area (Å²) in [5.74, 6) is 0. The van der Waals surface area contributed by atoms with Gasteiger partial charge in [0.2, 0.25) is 10.0 Å². The number of hydrogen-bond acceptors (Lipinski definition) is 5. The molecule has 1 rings (SSSR count). The molecule has 1 heterocycles. The standard InChI is InChI=1S/C10H19N3O3S2/c1-10(2,17-3)8-12-18(15,16)9-6-11-13(7-9)4-5-14/h6-7,12,14H,4-5,8H2,1-3H3. The van der Waals surface area contributed by atoms with Gasteiger partial charge < -0.3 is 5.11 Å². The minimum absolute atomic E-state index is 0.0753. The van der Waals surface area contributed by atoms with Gasteiger partial charge in [-0.1, -0.05) is 0 Å². The second-order valence-electron chi connectivity index (χ2n) is 4.45. The number of rotatable bonds is 7. The van der Waals surface area contributed by atoms with Gasteiger partial charge >= 0.3 is 0 Å². The number of aliphatic hydroxyl groups excluding tert-OH is 1. The topological polar surface area (TPSA) is 84.2 Å². The third-order valence-electron chi connectivity index (χ3n) is 2.49. The molecule has 6 nitrogen and oxygen atoms in total. The van der Waals surface area contributed by atoms with Crippen molar-refractivity contribution in [2.24, 2.45) is 0 Å². The van der Waals surface area contributed by atoms with E-state index in [1.165, 1.54) is 17.1 Å². The van der Waals surface area contributed by atoms with Crippen molar-refractivity contribution in [3.63, 3.8) is 0 Å². The lowest BCUT2D eigenvalue weighted by atomic mass is 10.2. The van der Waals surface area contributed by atoms with Crippen molar-refractivity contribution in [1.82, 2.24) is 14.5 Å². The molecule has 8 heteroatoms. The molecule has 0 atom stereocenters. The minimum atomic E-state index is -3.53. The maximum absolute atomic E-state index is 12.0. The number of thioether (sulfide) groups is 1. The molecule has 0 aliphatic rings. The van der Waals surface area contributed by atoms with Crippen LogP contribution in [0, 0.1) is 0 Å². The Hall–Kier alpha value is -0.570. The molecule has 0 aliphatic heterocycles. The highest BCUT2D eigenvalue weighted by molar-refractivity contribution is 8.00. The number of nitrogens with one attached hydrogen (secondary N) is 1. The maximum Gasteiger partial charge on any atom is 0.243 e. The third kappa shape index (κ3) is 4.27. The Morgan fingerprint density at radius 2 is 2.22 bits per heavy atom. The Bertz CT molecular complexity index is 482. The number of nitrogens with zero attached hydrogens (tertiary/aromatic N) is 2. The van der Waals surface area contributed by atoms with Gasteiger partial charge in [-0.3, -0.25) is 4.68 Å². The summed E-state index contributed by atoms with van der Waals surface area (Å²) in [5, 5.41) is 12.6. The Kier molecular flexibility index (Phi) is 5.20. The summed E-state index contributed by atoms with van der Waals surface area (Å²) in [5.41, 5.74) is 0. The van der Waals surface area contributed by atoms with E-state index in [2.05, 4.69) is 9.82 Å². The summed E-state index contributed by atoms with van der Waals surface area (Å²) < 4.78 is 27.7. The highest BCUT2D eigenvalue weighted by atomic mass is 32.2. The first-order valence-corrected chi connectivity index (χ1v) is 8.20. The molecule has 0 amide bonds. The summed E-state index contributed by atoms with van der Waals surface area (Å²) in [6.45, 7) is 4.49. The molecule has 0 saturated carbocycles. The van der Waals surface area contributed by atoms with Crippen molar-refractivity contribution in [1.29, 1.82) is 0 Å². The molecule has 0 saturated heterocycles. The molecular weight excluding hydrogens is 274 g/mol. The lowest BCUT2D eigenvalue weighted by Crippen LogP contribution is -2.35. The molecule has 0 fully saturated rings. The van der Waals surface area contributed by atoms with Crippen LogP contribution < -0.4 is 4.72 Å². The van der Waals surface area contributed by atoms with E-state index in [4.69, 9.17) is 5.11 Å². The molecule has 1 aromatic rings. The normalized spacial score (nSPS) is 12.9. The Balaban J connectivity index is 2.74. The van der Waals surface area contributed by atoms with Crippen LogP contribution in [0.5, 0.6) is 0 Å². The van der Waals surface area contributed by atoms with Crippen LogP contribution in [0.3, 0.4) is 0 Å². The van der Waals surface area contributed by atoms with Crippen LogP contribution >= 0.6 is 11.8 Å². The Labute approximate surface area is 112 Å². The van der Waals surface area contributed by atoms with Crippen LogP contribution in [0.4, 0.5) is 0 Å². The molecule has 0 spiro atoms. The molecule has 2 N–H and O–H groups in total. The van der Waals surface area contributed by atoms with E-state index >= 15 is 0 Å².